The van der Waals surface area contributed by atoms with E-state index >= 15 is 0 Å². The Morgan fingerprint density at radius 3 is 3.13 bits per heavy atom. The molecule has 0 amide bonds. The molecule has 0 bridgehead atoms. The Bertz CT molecular complexity index is 210. The molecule has 0 aromatic carbocycles. The summed E-state index contributed by atoms with van der Waals surface area (Å²) >= 11 is 0. The molecule has 4 heteroatoms. The molecule has 0 radical (unpaired) electrons. The number of hydrogen-bond donors (Lipinski definition) is 1. The molecule has 1 aliphatic rings. The van der Waals surface area contributed by atoms with Crippen LogP contribution in [0.25, 0.3) is 0 Å². The lowest BCUT2D eigenvalue weighted by Crippen LogP contribution is -2.23. The first-order valence-corrected chi connectivity index (χ1v) is 5.42. The van der Waals surface area contributed by atoms with Crippen molar-refractivity contribution in [3.05, 3.63) is 12.3 Å². The average molecular weight is 213 g/mol. The molecular formula is C11H19NO3. The second kappa shape index (κ2) is 7.29. The van der Waals surface area contributed by atoms with Crippen LogP contribution in [-0.4, -0.2) is 32.3 Å². The summed E-state index contributed by atoms with van der Waals surface area (Å²) in [5.74, 6) is -0.337. The van der Waals surface area contributed by atoms with Crippen molar-refractivity contribution in [2.24, 2.45) is 0 Å². The smallest absolute Gasteiger partial charge is 0.331 e. The average Bonchev–Trinajstić information content (AvgIpc) is 2.29. The third-order valence-corrected chi connectivity index (χ3v) is 2.42. The molecule has 1 rings (SSSR count). The third-order valence-electron chi connectivity index (χ3n) is 2.42. The molecule has 0 spiro atoms. The van der Waals surface area contributed by atoms with Crippen molar-refractivity contribution in [1.29, 1.82) is 0 Å². The Morgan fingerprint density at radius 1 is 1.60 bits per heavy atom. The van der Waals surface area contributed by atoms with Gasteiger partial charge in [0, 0.05) is 25.4 Å². The first-order chi connectivity index (χ1) is 7.33. The van der Waals surface area contributed by atoms with E-state index in [1.54, 1.807) is 6.20 Å². The van der Waals surface area contributed by atoms with Gasteiger partial charge in [-0.3, -0.25) is 0 Å². The molecule has 1 aliphatic heterocycles. The van der Waals surface area contributed by atoms with Gasteiger partial charge < -0.3 is 14.8 Å². The second-order valence-electron chi connectivity index (χ2n) is 3.59. The van der Waals surface area contributed by atoms with Gasteiger partial charge in [0.25, 0.3) is 0 Å². The number of esters is 1. The molecular weight excluding hydrogens is 194 g/mol. The van der Waals surface area contributed by atoms with Crippen molar-refractivity contribution < 1.29 is 14.3 Å². The van der Waals surface area contributed by atoms with Gasteiger partial charge in [0.05, 0.1) is 13.2 Å². The van der Waals surface area contributed by atoms with Crippen molar-refractivity contribution >= 4 is 5.97 Å². The SMILES string of the molecule is COC(=O)/C=C/NCCC1CCCCO1. The molecule has 1 heterocycles. The Balaban J connectivity index is 2.00. The molecule has 1 saturated heterocycles. The van der Waals surface area contributed by atoms with E-state index in [0.717, 1.165) is 26.0 Å². The van der Waals surface area contributed by atoms with Crippen LogP contribution in [0.1, 0.15) is 25.7 Å². The van der Waals surface area contributed by atoms with E-state index in [-0.39, 0.29) is 5.97 Å². The molecule has 1 atom stereocenters. The van der Waals surface area contributed by atoms with Crippen LogP contribution in [0.3, 0.4) is 0 Å². The van der Waals surface area contributed by atoms with Gasteiger partial charge in [0.15, 0.2) is 0 Å². The van der Waals surface area contributed by atoms with E-state index in [1.165, 1.54) is 26.0 Å². The Morgan fingerprint density at radius 2 is 2.47 bits per heavy atom. The van der Waals surface area contributed by atoms with Crippen LogP contribution in [0.4, 0.5) is 0 Å². The zero-order valence-corrected chi connectivity index (χ0v) is 9.20. The first-order valence-electron chi connectivity index (χ1n) is 5.42. The van der Waals surface area contributed by atoms with Crippen LogP contribution in [0, 0.1) is 0 Å². The number of methoxy groups -OCH3 is 1. The summed E-state index contributed by atoms with van der Waals surface area (Å²) in [6.45, 7) is 1.72. The maximum Gasteiger partial charge on any atom is 0.331 e. The van der Waals surface area contributed by atoms with Crippen LogP contribution >= 0.6 is 0 Å². The van der Waals surface area contributed by atoms with Crippen LogP contribution in [0.15, 0.2) is 12.3 Å². The van der Waals surface area contributed by atoms with E-state index < -0.39 is 0 Å². The molecule has 86 valence electrons. The van der Waals surface area contributed by atoms with Crippen LogP contribution in [0.2, 0.25) is 0 Å². The standard InChI is InChI=1S/C11H19NO3/c1-14-11(13)6-8-12-7-5-10-4-2-3-9-15-10/h6,8,10,12H,2-5,7,9H2,1H3/b8-6+. The number of rotatable bonds is 5. The van der Waals surface area contributed by atoms with Crippen molar-refractivity contribution in [3.63, 3.8) is 0 Å². The monoisotopic (exact) mass is 213 g/mol. The van der Waals surface area contributed by atoms with Crippen LogP contribution in [-0.2, 0) is 14.3 Å². The van der Waals surface area contributed by atoms with Crippen molar-refractivity contribution in [2.45, 2.75) is 31.8 Å². The summed E-state index contributed by atoms with van der Waals surface area (Å²) in [4.78, 5) is 10.7. The highest BCUT2D eigenvalue weighted by molar-refractivity contribution is 5.81. The fourth-order valence-corrected chi connectivity index (χ4v) is 1.56. The van der Waals surface area contributed by atoms with Gasteiger partial charge in [-0.1, -0.05) is 0 Å². The quantitative estimate of drug-likeness (QED) is 0.424. The Labute approximate surface area is 90.6 Å². The minimum Gasteiger partial charge on any atom is -0.466 e. The maximum absolute atomic E-state index is 10.7. The summed E-state index contributed by atoms with van der Waals surface area (Å²) in [6.07, 6.45) is 7.98. The highest BCUT2D eigenvalue weighted by Gasteiger charge is 2.12. The highest BCUT2D eigenvalue weighted by Crippen LogP contribution is 2.14. The second-order valence-corrected chi connectivity index (χ2v) is 3.59. The number of nitrogens with one attached hydrogen (secondary N) is 1. The van der Waals surface area contributed by atoms with E-state index in [4.69, 9.17) is 4.74 Å². The number of carbonyl (C=O) groups is 1. The lowest BCUT2D eigenvalue weighted by Gasteiger charge is -2.22. The van der Waals surface area contributed by atoms with Gasteiger partial charge in [-0.15, -0.1) is 0 Å². The molecule has 0 aromatic heterocycles. The van der Waals surface area contributed by atoms with E-state index in [0.29, 0.717) is 6.10 Å². The molecule has 1 N–H and O–H groups in total. The van der Waals surface area contributed by atoms with Gasteiger partial charge in [-0.05, 0) is 25.7 Å². The fraction of sp³-hybridized carbons (Fsp3) is 0.727. The normalized spacial score (nSPS) is 21.5. The summed E-state index contributed by atoms with van der Waals surface area (Å²) in [5.41, 5.74) is 0. The lowest BCUT2D eigenvalue weighted by atomic mass is 10.1. The fourth-order valence-electron chi connectivity index (χ4n) is 1.56. The highest BCUT2D eigenvalue weighted by atomic mass is 16.5. The first kappa shape index (κ1) is 12.0. The van der Waals surface area contributed by atoms with Gasteiger partial charge in [-0.2, -0.15) is 0 Å². The Kier molecular flexibility index (Phi) is 5.85. The molecule has 0 aromatic rings. The zero-order chi connectivity index (χ0) is 10.9. The molecule has 0 aliphatic carbocycles. The van der Waals surface area contributed by atoms with Gasteiger partial charge in [0.2, 0.25) is 0 Å². The zero-order valence-electron chi connectivity index (χ0n) is 9.20. The lowest BCUT2D eigenvalue weighted by molar-refractivity contribution is -0.134. The van der Waals surface area contributed by atoms with Gasteiger partial charge in [-0.25, -0.2) is 4.79 Å². The van der Waals surface area contributed by atoms with E-state index in [2.05, 4.69) is 10.1 Å². The summed E-state index contributed by atoms with van der Waals surface area (Å²) in [7, 11) is 1.36. The van der Waals surface area contributed by atoms with Crippen LogP contribution in [0.5, 0.6) is 0 Å². The number of ether oxygens (including phenoxy) is 2. The van der Waals surface area contributed by atoms with E-state index in [9.17, 15) is 4.79 Å². The summed E-state index contributed by atoms with van der Waals surface area (Å²) < 4.78 is 10.0. The minimum absolute atomic E-state index is 0.337. The minimum atomic E-state index is -0.337. The third kappa shape index (κ3) is 5.42. The molecule has 1 fully saturated rings. The molecule has 15 heavy (non-hydrogen) atoms. The molecule has 0 saturated carbocycles. The van der Waals surface area contributed by atoms with Crippen molar-refractivity contribution in [2.75, 3.05) is 20.3 Å². The maximum atomic E-state index is 10.7. The van der Waals surface area contributed by atoms with Crippen LogP contribution < -0.4 is 5.32 Å². The predicted molar refractivity (Wildman–Crippen MR) is 57.4 cm³/mol. The predicted octanol–water partition coefficient (Wildman–Crippen LogP) is 1.22. The van der Waals surface area contributed by atoms with Gasteiger partial charge >= 0.3 is 5.97 Å². The van der Waals surface area contributed by atoms with Crippen molar-refractivity contribution in [3.8, 4) is 0 Å². The van der Waals surface area contributed by atoms with Crippen molar-refractivity contribution in [1.82, 2.24) is 5.32 Å². The Hall–Kier alpha value is -1.03. The van der Waals surface area contributed by atoms with E-state index in [1.807, 2.05) is 0 Å². The number of carbonyl (C=O) groups excluding carboxylic acids is 1. The topological polar surface area (TPSA) is 47.6 Å². The molecule has 1 unspecified atom stereocenters. The van der Waals surface area contributed by atoms with Gasteiger partial charge in [0.1, 0.15) is 0 Å². The summed E-state index contributed by atoms with van der Waals surface area (Å²) in [5, 5.41) is 3.04. The molecule has 4 nitrogen and oxygen atoms in total. The summed E-state index contributed by atoms with van der Waals surface area (Å²) in [6, 6.07) is 0. The largest absolute Gasteiger partial charge is 0.466 e. The number of hydrogen-bond acceptors (Lipinski definition) is 4.